The number of nitrogens with zero attached hydrogens (tertiary/aromatic N) is 2. The largest absolute Gasteiger partial charge is 0.398 e. The highest BCUT2D eigenvalue weighted by Crippen LogP contribution is 2.39. The van der Waals surface area contributed by atoms with Crippen LogP contribution in [0.15, 0.2) is 24.4 Å². The average Bonchev–Trinajstić information content (AvgIpc) is 2.88. The highest BCUT2D eigenvalue weighted by Gasteiger charge is 2.33. The van der Waals surface area contributed by atoms with Crippen LogP contribution in [0.5, 0.6) is 0 Å². The van der Waals surface area contributed by atoms with Gasteiger partial charge in [0.25, 0.3) is 0 Å². The predicted molar refractivity (Wildman–Crippen MR) is 85.9 cm³/mol. The lowest BCUT2D eigenvalue weighted by atomic mass is 9.80. The van der Waals surface area contributed by atoms with Gasteiger partial charge in [0.1, 0.15) is 0 Å². The molecule has 0 bridgehead atoms. The van der Waals surface area contributed by atoms with Crippen LogP contribution in [0.4, 0.5) is 15.8 Å². The third-order valence-electron chi connectivity index (χ3n) is 4.58. The molecule has 0 amide bonds. The average molecular weight is 287 g/mol. The monoisotopic (exact) mass is 287 g/mol. The van der Waals surface area contributed by atoms with Gasteiger partial charge < -0.3 is 10.6 Å². The van der Waals surface area contributed by atoms with Crippen LogP contribution in [-0.2, 0) is 0 Å². The Morgan fingerprint density at radius 1 is 1.38 bits per heavy atom. The summed E-state index contributed by atoms with van der Waals surface area (Å²) in [6.45, 7) is 8.48. The van der Waals surface area contributed by atoms with Crippen molar-refractivity contribution in [2.45, 2.75) is 27.2 Å². The second-order valence-electron chi connectivity index (χ2n) is 6.99. The first-order chi connectivity index (χ1) is 9.88. The van der Waals surface area contributed by atoms with E-state index in [1.807, 2.05) is 12.1 Å². The quantitative estimate of drug-likeness (QED) is 0.811. The zero-order valence-electron chi connectivity index (χ0n) is 12.9. The van der Waals surface area contributed by atoms with Crippen LogP contribution in [0.3, 0.4) is 0 Å². The molecule has 1 unspecified atom stereocenters. The number of hydrogen-bond acceptors (Lipinski definition) is 3. The van der Waals surface area contributed by atoms with Crippen molar-refractivity contribution in [3.05, 3.63) is 30.2 Å². The Kier molecular flexibility index (Phi) is 3.27. The van der Waals surface area contributed by atoms with Gasteiger partial charge >= 0.3 is 0 Å². The minimum Gasteiger partial charge on any atom is -0.398 e. The number of anilines is 2. The lowest BCUT2D eigenvalue weighted by Gasteiger charge is -2.28. The Morgan fingerprint density at radius 2 is 2.14 bits per heavy atom. The summed E-state index contributed by atoms with van der Waals surface area (Å²) in [6.07, 6.45) is 2.78. The number of nitrogens with two attached hydrogens (primary N) is 1. The molecule has 0 aliphatic carbocycles. The van der Waals surface area contributed by atoms with Crippen LogP contribution in [0.1, 0.15) is 27.2 Å². The van der Waals surface area contributed by atoms with Crippen LogP contribution >= 0.6 is 0 Å². The Labute approximate surface area is 125 Å². The highest BCUT2D eigenvalue weighted by atomic mass is 19.1. The zero-order valence-corrected chi connectivity index (χ0v) is 12.9. The molecule has 4 heteroatoms. The summed E-state index contributed by atoms with van der Waals surface area (Å²) in [5, 5.41) is 0.827. The van der Waals surface area contributed by atoms with E-state index in [2.05, 4.69) is 30.7 Å². The van der Waals surface area contributed by atoms with E-state index in [-0.39, 0.29) is 11.2 Å². The highest BCUT2D eigenvalue weighted by molar-refractivity contribution is 5.99. The number of rotatable bonds is 1. The maximum absolute atomic E-state index is 14.5. The Morgan fingerprint density at radius 3 is 2.81 bits per heavy atom. The third-order valence-corrected chi connectivity index (χ3v) is 4.58. The van der Waals surface area contributed by atoms with Crippen molar-refractivity contribution in [1.82, 2.24) is 4.98 Å². The van der Waals surface area contributed by atoms with Crippen LogP contribution in [0.2, 0.25) is 0 Å². The molecule has 2 N–H and O–H groups in total. The van der Waals surface area contributed by atoms with E-state index in [1.165, 1.54) is 6.07 Å². The van der Waals surface area contributed by atoms with E-state index in [0.29, 0.717) is 22.8 Å². The summed E-state index contributed by atoms with van der Waals surface area (Å²) in [5.41, 5.74) is 7.89. The third kappa shape index (κ3) is 2.43. The van der Waals surface area contributed by atoms with Gasteiger partial charge in [0.2, 0.25) is 0 Å². The molecule has 2 heterocycles. The van der Waals surface area contributed by atoms with E-state index >= 15 is 0 Å². The van der Waals surface area contributed by atoms with Crippen molar-refractivity contribution in [3.63, 3.8) is 0 Å². The van der Waals surface area contributed by atoms with Crippen molar-refractivity contribution in [2.24, 2.45) is 11.3 Å². The van der Waals surface area contributed by atoms with Gasteiger partial charge in [-0.3, -0.25) is 4.98 Å². The predicted octanol–water partition coefficient (Wildman–Crippen LogP) is 3.83. The van der Waals surface area contributed by atoms with E-state index in [0.717, 1.165) is 24.9 Å². The normalized spacial score (nSPS) is 19.4. The topological polar surface area (TPSA) is 42.1 Å². The fourth-order valence-electron chi connectivity index (χ4n) is 3.19. The van der Waals surface area contributed by atoms with Crippen LogP contribution in [-0.4, -0.2) is 18.1 Å². The number of pyridine rings is 1. The van der Waals surface area contributed by atoms with Crippen molar-refractivity contribution < 1.29 is 4.39 Å². The summed E-state index contributed by atoms with van der Waals surface area (Å²) in [6, 6.07) is 5.16. The summed E-state index contributed by atoms with van der Waals surface area (Å²) < 4.78 is 14.5. The number of halogens is 1. The molecule has 0 spiro atoms. The maximum Gasteiger partial charge on any atom is 0.150 e. The van der Waals surface area contributed by atoms with Gasteiger partial charge in [0.05, 0.1) is 11.2 Å². The van der Waals surface area contributed by atoms with E-state index < -0.39 is 0 Å². The summed E-state index contributed by atoms with van der Waals surface area (Å²) >= 11 is 0. The molecule has 0 radical (unpaired) electrons. The summed E-state index contributed by atoms with van der Waals surface area (Å²) in [4.78, 5) is 6.50. The molecule has 3 rings (SSSR count). The molecule has 1 aliphatic rings. The number of aromatic nitrogens is 1. The first kappa shape index (κ1) is 14.1. The molecule has 1 aromatic heterocycles. The molecule has 21 heavy (non-hydrogen) atoms. The van der Waals surface area contributed by atoms with Crippen LogP contribution < -0.4 is 10.6 Å². The molecule has 1 aromatic carbocycles. The standard InChI is InChI=1S/C17H22FN3/c1-17(2,3)11-6-8-21(10-11)16-13(18)9-14(19)12-5-4-7-20-15(12)16/h4-5,7,9,11H,6,8,10,19H2,1-3H3. The van der Waals surface area contributed by atoms with Crippen LogP contribution in [0.25, 0.3) is 10.9 Å². The minimum absolute atomic E-state index is 0.238. The van der Waals surface area contributed by atoms with Crippen LogP contribution in [0, 0.1) is 17.2 Å². The van der Waals surface area contributed by atoms with Gasteiger partial charge in [-0.1, -0.05) is 20.8 Å². The molecule has 112 valence electrons. The van der Waals surface area contributed by atoms with Gasteiger partial charge in [-0.15, -0.1) is 0 Å². The first-order valence-electron chi connectivity index (χ1n) is 7.45. The van der Waals surface area contributed by atoms with Gasteiger partial charge in [-0.2, -0.15) is 0 Å². The first-order valence-corrected chi connectivity index (χ1v) is 7.45. The van der Waals surface area contributed by atoms with Crippen molar-refractivity contribution in [3.8, 4) is 0 Å². The number of nitrogen functional groups attached to an aromatic ring is 1. The Balaban J connectivity index is 2.06. The van der Waals surface area contributed by atoms with E-state index in [1.54, 1.807) is 6.20 Å². The van der Waals surface area contributed by atoms with Gasteiger partial charge in [-0.25, -0.2) is 4.39 Å². The second-order valence-corrected chi connectivity index (χ2v) is 6.99. The molecule has 1 fully saturated rings. The molecule has 1 saturated heterocycles. The van der Waals surface area contributed by atoms with Gasteiger partial charge in [0, 0.05) is 30.4 Å². The minimum atomic E-state index is -0.270. The number of fused-ring (bicyclic) bond motifs is 1. The molecule has 1 aliphatic heterocycles. The molecule has 1 atom stereocenters. The Hall–Kier alpha value is -1.84. The fourth-order valence-corrected chi connectivity index (χ4v) is 3.19. The van der Waals surface area contributed by atoms with Crippen molar-refractivity contribution in [1.29, 1.82) is 0 Å². The maximum atomic E-state index is 14.5. The Bertz CT molecular complexity index is 676. The zero-order chi connectivity index (χ0) is 15.2. The SMILES string of the molecule is CC(C)(C)C1CCN(c2c(F)cc(N)c3cccnc23)C1. The molecule has 2 aromatic rings. The number of hydrogen-bond donors (Lipinski definition) is 1. The lowest BCUT2D eigenvalue weighted by molar-refractivity contribution is 0.263. The lowest BCUT2D eigenvalue weighted by Crippen LogP contribution is -2.26. The van der Waals surface area contributed by atoms with Gasteiger partial charge in [0.15, 0.2) is 5.82 Å². The molecular formula is C17H22FN3. The fraction of sp³-hybridized carbons (Fsp3) is 0.471. The van der Waals surface area contributed by atoms with Gasteiger partial charge in [-0.05, 0) is 36.0 Å². The smallest absolute Gasteiger partial charge is 0.150 e. The summed E-state index contributed by atoms with van der Waals surface area (Å²) in [5.74, 6) is 0.293. The van der Waals surface area contributed by atoms with E-state index in [9.17, 15) is 4.39 Å². The number of benzene rings is 1. The molecule has 0 saturated carbocycles. The molecule has 3 nitrogen and oxygen atoms in total. The van der Waals surface area contributed by atoms with Crippen molar-refractivity contribution >= 4 is 22.3 Å². The summed E-state index contributed by atoms with van der Waals surface area (Å²) in [7, 11) is 0. The van der Waals surface area contributed by atoms with E-state index in [4.69, 9.17) is 5.73 Å². The second kappa shape index (κ2) is 4.86. The molecular weight excluding hydrogens is 265 g/mol. The van der Waals surface area contributed by atoms with Crippen molar-refractivity contribution in [2.75, 3.05) is 23.7 Å².